The zero-order valence-electron chi connectivity index (χ0n) is 19.4. The molecule has 3 aromatic rings. The topological polar surface area (TPSA) is 123 Å². The molecule has 0 bridgehead atoms. The van der Waals surface area contributed by atoms with E-state index in [9.17, 15) is 18.0 Å². The van der Waals surface area contributed by atoms with E-state index in [1.54, 1.807) is 68.4 Å². The third kappa shape index (κ3) is 5.22. The highest BCUT2D eigenvalue weighted by Gasteiger charge is 2.22. The molecule has 3 N–H and O–H groups in total. The van der Waals surface area contributed by atoms with Crippen LogP contribution in [0.15, 0.2) is 65.6 Å². The molecule has 1 heterocycles. The van der Waals surface area contributed by atoms with E-state index in [2.05, 4.69) is 15.4 Å². The predicted molar refractivity (Wildman–Crippen MR) is 131 cm³/mol. The van der Waals surface area contributed by atoms with Crippen LogP contribution in [0.25, 0.3) is 0 Å². The zero-order chi connectivity index (χ0) is 25.2. The fourth-order valence-corrected chi connectivity index (χ4v) is 5.04. The fraction of sp³-hybridized carbons (Fsp3) is 0.200. The van der Waals surface area contributed by atoms with Gasteiger partial charge in [0.15, 0.2) is 6.61 Å². The second kappa shape index (κ2) is 9.67. The first kappa shape index (κ1) is 24.1. The quantitative estimate of drug-likeness (QED) is 0.460. The number of para-hydroxylation sites is 2. The molecule has 0 aliphatic carbocycles. The van der Waals surface area contributed by atoms with Crippen molar-refractivity contribution in [3.63, 3.8) is 0 Å². The average molecular weight is 496 g/mol. The summed E-state index contributed by atoms with van der Waals surface area (Å²) in [5.74, 6) is 0.247. The molecule has 1 atom stereocenters. The van der Waals surface area contributed by atoms with Crippen LogP contribution in [0.1, 0.15) is 34.5 Å². The van der Waals surface area contributed by atoms with E-state index in [4.69, 9.17) is 9.47 Å². The molecule has 0 radical (unpaired) electrons. The fourth-order valence-electron chi connectivity index (χ4n) is 3.69. The standard InChI is InChI=1S/C25H25N3O6S/c1-15-8-9-18(13-23(15)35(31,32)28-19-6-4-5-7-21(19)33-3)25(30)26-16(2)17-10-11-22-20(12-17)27-24(29)14-34-22/h4-13,16,28H,14H2,1-3H3,(H,26,30)(H,27,29). The van der Waals surface area contributed by atoms with Gasteiger partial charge in [-0.2, -0.15) is 0 Å². The van der Waals surface area contributed by atoms with E-state index in [1.165, 1.54) is 13.2 Å². The van der Waals surface area contributed by atoms with Crippen molar-refractivity contribution in [1.29, 1.82) is 0 Å². The molecule has 0 fully saturated rings. The van der Waals surface area contributed by atoms with Gasteiger partial charge in [-0.3, -0.25) is 14.3 Å². The number of aryl methyl sites for hydroxylation is 1. The van der Waals surface area contributed by atoms with Crippen LogP contribution in [-0.4, -0.2) is 33.9 Å². The predicted octanol–water partition coefficient (Wildman–Crippen LogP) is 3.63. The van der Waals surface area contributed by atoms with Gasteiger partial charge >= 0.3 is 0 Å². The summed E-state index contributed by atoms with van der Waals surface area (Å²) in [6.07, 6.45) is 0. The minimum absolute atomic E-state index is 0.0163. The first-order valence-corrected chi connectivity index (χ1v) is 12.3. The molecule has 9 nitrogen and oxygen atoms in total. The van der Waals surface area contributed by atoms with Gasteiger partial charge in [0.25, 0.3) is 21.8 Å². The number of carbonyl (C=O) groups is 2. The third-order valence-electron chi connectivity index (χ3n) is 5.58. The Labute approximate surface area is 203 Å². The van der Waals surface area contributed by atoms with Gasteiger partial charge in [-0.05, 0) is 61.4 Å². The van der Waals surface area contributed by atoms with Gasteiger partial charge in [-0.15, -0.1) is 0 Å². The molecule has 2 amide bonds. The zero-order valence-corrected chi connectivity index (χ0v) is 20.2. The lowest BCUT2D eigenvalue weighted by atomic mass is 10.1. The first-order chi connectivity index (χ1) is 16.7. The average Bonchev–Trinajstić information content (AvgIpc) is 2.83. The Morgan fingerprint density at radius 2 is 1.89 bits per heavy atom. The maximum atomic E-state index is 13.1. The number of benzene rings is 3. The molecule has 182 valence electrons. The van der Waals surface area contributed by atoms with Crippen molar-refractivity contribution in [1.82, 2.24) is 5.32 Å². The van der Waals surface area contributed by atoms with Gasteiger partial charge in [-0.1, -0.05) is 24.3 Å². The van der Waals surface area contributed by atoms with Crippen molar-refractivity contribution in [2.24, 2.45) is 0 Å². The summed E-state index contributed by atoms with van der Waals surface area (Å²) in [6, 6.07) is 16.0. The molecule has 10 heteroatoms. The molecule has 1 aliphatic rings. The lowest BCUT2D eigenvalue weighted by Gasteiger charge is -2.21. The van der Waals surface area contributed by atoms with Crippen molar-refractivity contribution >= 4 is 33.2 Å². The summed E-state index contributed by atoms with van der Waals surface area (Å²) in [7, 11) is -2.54. The summed E-state index contributed by atoms with van der Waals surface area (Å²) >= 11 is 0. The number of rotatable bonds is 7. The number of sulfonamides is 1. The smallest absolute Gasteiger partial charge is 0.262 e. The molecule has 35 heavy (non-hydrogen) atoms. The summed E-state index contributed by atoms with van der Waals surface area (Å²) < 4.78 is 39.4. The highest BCUT2D eigenvalue weighted by molar-refractivity contribution is 7.92. The maximum absolute atomic E-state index is 13.1. The van der Waals surface area contributed by atoms with Crippen molar-refractivity contribution in [2.75, 3.05) is 23.8 Å². The highest BCUT2D eigenvalue weighted by atomic mass is 32.2. The summed E-state index contributed by atoms with van der Waals surface area (Å²) in [4.78, 5) is 24.6. The van der Waals surface area contributed by atoms with Gasteiger partial charge in [0.05, 0.1) is 29.4 Å². The normalized spacial score (nSPS) is 13.6. The van der Waals surface area contributed by atoms with Crippen LogP contribution in [0.5, 0.6) is 11.5 Å². The molecule has 0 spiro atoms. The summed E-state index contributed by atoms with van der Waals surface area (Å²) in [5.41, 5.74) is 2.26. The molecule has 0 saturated carbocycles. The number of amides is 2. The SMILES string of the molecule is COc1ccccc1NS(=O)(=O)c1cc(C(=O)NC(C)c2ccc3c(c2)NC(=O)CO3)ccc1C. The number of carbonyl (C=O) groups excluding carboxylic acids is 2. The molecule has 0 aromatic heterocycles. The largest absolute Gasteiger partial charge is 0.495 e. The van der Waals surface area contributed by atoms with Crippen molar-refractivity contribution in [3.8, 4) is 11.5 Å². The molecule has 4 rings (SSSR count). The molecule has 1 aliphatic heterocycles. The second-order valence-electron chi connectivity index (χ2n) is 8.07. The van der Waals surface area contributed by atoms with Gasteiger partial charge in [0, 0.05) is 5.56 Å². The summed E-state index contributed by atoms with van der Waals surface area (Å²) in [6.45, 7) is 3.41. The van der Waals surface area contributed by atoms with Gasteiger partial charge in [0.1, 0.15) is 11.5 Å². The minimum Gasteiger partial charge on any atom is -0.495 e. The van der Waals surface area contributed by atoms with Crippen LogP contribution in [0.2, 0.25) is 0 Å². The Morgan fingerprint density at radius 3 is 2.66 bits per heavy atom. The number of fused-ring (bicyclic) bond motifs is 1. The third-order valence-corrected chi connectivity index (χ3v) is 7.08. The van der Waals surface area contributed by atoms with E-state index < -0.39 is 22.0 Å². The number of methoxy groups -OCH3 is 1. The van der Waals surface area contributed by atoms with Crippen LogP contribution in [0.3, 0.4) is 0 Å². The number of anilines is 2. The Kier molecular flexibility index (Phi) is 6.65. The molecular weight excluding hydrogens is 470 g/mol. The Morgan fingerprint density at radius 1 is 1.11 bits per heavy atom. The van der Waals surface area contributed by atoms with Crippen LogP contribution in [-0.2, 0) is 14.8 Å². The van der Waals surface area contributed by atoms with Crippen molar-refractivity contribution in [2.45, 2.75) is 24.8 Å². The Hall–Kier alpha value is -4.05. The van der Waals surface area contributed by atoms with Crippen LogP contribution < -0.4 is 24.8 Å². The van der Waals surface area contributed by atoms with Gasteiger partial charge < -0.3 is 20.1 Å². The van der Waals surface area contributed by atoms with E-state index in [0.717, 1.165) is 5.56 Å². The summed E-state index contributed by atoms with van der Waals surface area (Å²) in [5, 5.41) is 5.61. The van der Waals surface area contributed by atoms with E-state index in [1.807, 2.05) is 0 Å². The first-order valence-electron chi connectivity index (χ1n) is 10.8. The van der Waals surface area contributed by atoms with Gasteiger partial charge in [-0.25, -0.2) is 8.42 Å². The Bertz CT molecular complexity index is 1400. The van der Waals surface area contributed by atoms with E-state index in [0.29, 0.717) is 28.4 Å². The van der Waals surface area contributed by atoms with E-state index in [-0.39, 0.29) is 23.0 Å². The Balaban J connectivity index is 1.54. The molecule has 3 aromatic carbocycles. The number of hydrogen-bond acceptors (Lipinski definition) is 6. The van der Waals surface area contributed by atoms with E-state index >= 15 is 0 Å². The molecule has 1 unspecified atom stereocenters. The molecular formula is C25H25N3O6S. The monoisotopic (exact) mass is 495 g/mol. The van der Waals surface area contributed by atoms with Crippen LogP contribution in [0.4, 0.5) is 11.4 Å². The van der Waals surface area contributed by atoms with Crippen molar-refractivity contribution in [3.05, 3.63) is 77.4 Å². The lowest BCUT2D eigenvalue weighted by Crippen LogP contribution is -2.28. The minimum atomic E-state index is -3.99. The number of nitrogens with one attached hydrogen (secondary N) is 3. The lowest BCUT2D eigenvalue weighted by molar-refractivity contribution is -0.118. The van der Waals surface area contributed by atoms with Crippen LogP contribution in [0, 0.1) is 6.92 Å². The highest BCUT2D eigenvalue weighted by Crippen LogP contribution is 2.31. The van der Waals surface area contributed by atoms with Crippen LogP contribution >= 0.6 is 0 Å². The maximum Gasteiger partial charge on any atom is 0.262 e. The van der Waals surface area contributed by atoms with Gasteiger partial charge in [0.2, 0.25) is 0 Å². The number of ether oxygens (including phenoxy) is 2. The van der Waals surface area contributed by atoms with Crippen molar-refractivity contribution < 1.29 is 27.5 Å². The second-order valence-corrected chi connectivity index (χ2v) is 9.72. The number of hydrogen-bond donors (Lipinski definition) is 3. The molecule has 0 saturated heterocycles.